The van der Waals surface area contributed by atoms with Crippen LogP contribution in [0.25, 0.3) is 0 Å². The number of amides is 2. The summed E-state index contributed by atoms with van der Waals surface area (Å²) in [5, 5.41) is 2.94. The molecule has 7 nitrogen and oxygen atoms in total. The van der Waals surface area contributed by atoms with E-state index < -0.39 is 0 Å². The van der Waals surface area contributed by atoms with Crippen LogP contribution in [-0.4, -0.2) is 22.5 Å². The summed E-state index contributed by atoms with van der Waals surface area (Å²) < 4.78 is 5.77. The maximum atomic E-state index is 12.7. The van der Waals surface area contributed by atoms with E-state index in [2.05, 4.69) is 15.3 Å². The lowest BCUT2D eigenvalue weighted by atomic mass is 10.0. The van der Waals surface area contributed by atoms with Gasteiger partial charge in [-0.3, -0.25) is 4.90 Å². The molecule has 3 N–H and O–H groups in total. The summed E-state index contributed by atoms with van der Waals surface area (Å²) in [6, 6.07) is 16.5. The van der Waals surface area contributed by atoms with Crippen LogP contribution in [0, 0.1) is 0 Å². The van der Waals surface area contributed by atoms with Crippen molar-refractivity contribution in [2.45, 2.75) is 12.8 Å². The summed E-state index contributed by atoms with van der Waals surface area (Å²) in [7, 11) is 0. The van der Waals surface area contributed by atoms with Crippen molar-refractivity contribution in [2.75, 3.05) is 22.5 Å². The van der Waals surface area contributed by atoms with Gasteiger partial charge in [-0.1, -0.05) is 18.2 Å². The van der Waals surface area contributed by atoms with E-state index in [0.717, 1.165) is 29.8 Å². The van der Waals surface area contributed by atoms with Gasteiger partial charge >= 0.3 is 6.03 Å². The van der Waals surface area contributed by atoms with Gasteiger partial charge in [0.15, 0.2) is 0 Å². The normalized spacial score (nSPS) is 13.0. The van der Waals surface area contributed by atoms with Crippen LogP contribution in [0.5, 0.6) is 11.6 Å². The van der Waals surface area contributed by atoms with E-state index in [0.29, 0.717) is 24.0 Å². The number of aromatic nitrogens is 2. The van der Waals surface area contributed by atoms with Crippen molar-refractivity contribution >= 4 is 23.2 Å². The highest BCUT2D eigenvalue weighted by Crippen LogP contribution is 2.32. The monoisotopic (exact) mass is 361 g/mol. The van der Waals surface area contributed by atoms with E-state index in [-0.39, 0.29) is 6.03 Å². The van der Waals surface area contributed by atoms with Crippen molar-refractivity contribution in [2.24, 2.45) is 0 Å². The Morgan fingerprint density at radius 1 is 1.11 bits per heavy atom. The van der Waals surface area contributed by atoms with Crippen LogP contribution >= 0.6 is 0 Å². The molecule has 4 rings (SSSR count). The van der Waals surface area contributed by atoms with E-state index in [9.17, 15) is 4.79 Å². The van der Waals surface area contributed by atoms with Crippen LogP contribution < -0.4 is 20.7 Å². The second kappa shape index (κ2) is 7.33. The number of carbonyl (C=O) groups excluding carboxylic acids is 1. The Labute approximate surface area is 156 Å². The van der Waals surface area contributed by atoms with Gasteiger partial charge < -0.3 is 15.8 Å². The quantitative estimate of drug-likeness (QED) is 0.739. The minimum atomic E-state index is -0.139. The number of nitrogen functional groups attached to an aromatic ring is 1. The number of hydrogen-bond acceptors (Lipinski definition) is 5. The molecule has 7 heteroatoms. The number of nitrogens with zero attached hydrogens (tertiary/aromatic N) is 3. The number of hydrogen-bond donors (Lipinski definition) is 2. The minimum absolute atomic E-state index is 0.139. The number of fused-ring (bicyclic) bond motifs is 1. The molecule has 1 aliphatic heterocycles. The standard InChI is InChI=1S/C20H19N5O2/c21-18-12-19(23-13-22-18)27-16-8-9-17-14(11-16)5-4-10-25(17)20(26)24-15-6-2-1-3-7-15/h1-3,6-9,11-13H,4-5,10H2,(H,24,26)(H2,21,22,23). The molecule has 1 aromatic heterocycles. The Morgan fingerprint density at radius 3 is 2.78 bits per heavy atom. The highest BCUT2D eigenvalue weighted by molar-refractivity contribution is 6.02. The smallest absolute Gasteiger partial charge is 0.326 e. The predicted molar refractivity (Wildman–Crippen MR) is 104 cm³/mol. The number of anilines is 3. The molecule has 0 aliphatic carbocycles. The number of benzene rings is 2. The minimum Gasteiger partial charge on any atom is -0.439 e. The van der Waals surface area contributed by atoms with Crippen molar-refractivity contribution in [1.82, 2.24) is 9.97 Å². The van der Waals surface area contributed by atoms with Crippen molar-refractivity contribution in [3.63, 3.8) is 0 Å². The molecule has 136 valence electrons. The number of para-hydroxylation sites is 1. The number of aryl methyl sites for hydroxylation is 1. The van der Waals surface area contributed by atoms with Gasteiger partial charge in [0.25, 0.3) is 0 Å². The van der Waals surface area contributed by atoms with Gasteiger partial charge in [0, 0.05) is 24.0 Å². The Hall–Kier alpha value is -3.61. The number of nitrogens with two attached hydrogens (primary N) is 1. The highest BCUT2D eigenvalue weighted by Gasteiger charge is 2.23. The van der Waals surface area contributed by atoms with Gasteiger partial charge in [0.1, 0.15) is 17.9 Å². The molecule has 2 aromatic carbocycles. The molecule has 0 spiro atoms. The second-order valence-electron chi connectivity index (χ2n) is 6.23. The van der Waals surface area contributed by atoms with Crippen molar-refractivity contribution in [1.29, 1.82) is 0 Å². The fourth-order valence-corrected chi connectivity index (χ4v) is 3.09. The molecule has 0 fully saturated rings. The first-order valence-corrected chi connectivity index (χ1v) is 8.71. The molecule has 27 heavy (non-hydrogen) atoms. The second-order valence-corrected chi connectivity index (χ2v) is 6.23. The maximum absolute atomic E-state index is 12.7. The van der Waals surface area contributed by atoms with Gasteiger partial charge in [-0.25, -0.2) is 14.8 Å². The summed E-state index contributed by atoms with van der Waals surface area (Å²) in [6.07, 6.45) is 3.13. The number of ether oxygens (including phenoxy) is 1. The molecule has 0 unspecified atom stereocenters. The summed E-state index contributed by atoms with van der Waals surface area (Å²) in [4.78, 5) is 22.4. The molecule has 0 saturated heterocycles. The van der Waals surface area contributed by atoms with Crippen molar-refractivity contribution in [3.8, 4) is 11.6 Å². The largest absolute Gasteiger partial charge is 0.439 e. The van der Waals surface area contributed by atoms with Gasteiger partial charge in [0.05, 0.1) is 0 Å². The van der Waals surface area contributed by atoms with Crippen LogP contribution in [0.1, 0.15) is 12.0 Å². The highest BCUT2D eigenvalue weighted by atomic mass is 16.5. The number of carbonyl (C=O) groups is 1. The summed E-state index contributed by atoms with van der Waals surface area (Å²) in [5.41, 5.74) is 8.38. The first-order chi connectivity index (χ1) is 13.2. The van der Waals surface area contributed by atoms with E-state index in [1.165, 1.54) is 6.33 Å². The molecule has 1 aliphatic rings. The van der Waals surface area contributed by atoms with Gasteiger partial charge in [-0.15, -0.1) is 0 Å². The number of rotatable bonds is 3. The molecular weight excluding hydrogens is 342 g/mol. The third-order valence-corrected chi connectivity index (χ3v) is 4.33. The average molecular weight is 361 g/mol. The summed E-state index contributed by atoms with van der Waals surface area (Å²) >= 11 is 0. The summed E-state index contributed by atoms with van der Waals surface area (Å²) in [5.74, 6) is 1.39. The van der Waals surface area contributed by atoms with Crippen LogP contribution in [0.3, 0.4) is 0 Å². The molecule has 0 atom stereocenters. The predicted octanol–water partition coefficient (Wildman–Crippen LogP) is 3.84. The number of nitrogens with one attached hydrogen (secondary N) is 1. The van der Waals surface area contributed by atoms with Gasteiger partial charge in [-0.05, 0) is 48.7 Å². The van der Waals surface area contributed by atoms with Crippen LogP contribution in [0.15, 0.2) is 60.9 Å². The molecular formula is C20H19N5O2. The summed E-state index contributed by atoms with van der Waals surface area (Å²) in [6.45, 7) is 0.675. The SMILES string of the molecule is Nc1cc(Oc2ccc3c(c2)CCCN3C(=O)Nc2ccccc2)ncn1. The van der Waals surface area contributed by atoms with E-state index in [4.69, 9.17) is 10.5 Å². The Balaban J connectivity index is 1.54. The zero-order valence-corrected chi connectivity index (χ0v) is 14.6. The van der Waals surface area contributed by atoms with E-state index >= 15 is 0 Å². The van der Waals surface area contributed by atoms with Gasteiger partial charge in [0.2, 0.25) is 5.88 Å². The van der Waals surface area contributed by atoms with Crippen LogP contribution in [0.4, 0.5) is 22.0 Å². The fraction of sp³-hybridized carbons (Fsp3) is 0.150. The fourth-order valence-electron chi connectivity index (χ4n) is 3.09. The average Bonchev–Trinajstić information content (AvgIpc) is 2.68. The zero-order valence-electron chi connectivity index (χ0n) is 14.6. The maximum Gasteiger partial charge on any atom is 0.326 e. The molecule has 0 radical (unpaired) electrons. The first kappa shape index (κ1) is 16.8. The Kier molecular flexibility index (Phi) is 4.57. The third-order valence-electron chi connectivity index (χ3n) is 4.33. The number of urea groups is 1. The van der Waals surface area contributed by atoms with Gasteiger partial charge in [-0.2, -0.15) is 0 Å². The molecule has 3 aromatic rings. The van der Waals surface area contributed by atoms with Crippen molar-refractivity contribution in [3.05, 3.63) is 66.5 Å². The molecule has 2 amide bonds. The lowest BCUT2D eigenvalue weighted by molar-refractivity contribution is 0.256. The van der Waals surface area contributed by atoms with Crippen molar-refractivity contribution < 1.29 is 9.53 Å². The molecule has 0 saturated carbocycles. The Morgan fingerprint density at radius 2 is 1.96 bits per heavy atom. The topological polar surface area (TPSA) is 93.4 Å². The molecule has 2 heterocycles. The van der Waals surface area contributed by atoms with Crippen LogP contribution in [-0.2, 0) is 6.42 Å². The third kappa shape index (κ3) is 3.82. The lowest BCUT2D eigenvalue weighted by Crippen LogP contribution is -2.38. The molecule has 0 bridgehead atoms. The van der Waals surface area contributed by atoms with Crippen LogP contribution in [0.2, 0.25) is 0 Å². The first-order valence-electron chi connectivity index (χ1n) is 8.71. The van der Waals surface area contributed by atoms with E-state index in [1.54, 1.807) is 11.0 Å². The van der Waals surface area contributed by atoms with E-state index in [1.807, 2.05) is 48.5 Å². The zero-order chi connectivity index (χ0) is 18.6. The Bertz CT molecular complexity index is 962. The lowest BCUT2D eigenvalue weighted by Gasteiger charge is -2.29.